The van der Waals surface area contributed by atoms with Gasteiger partial charge >= 0.3 is 0 Å². The summed E-state index contributed by atoms with van der Waals surface area (Å²) >= 11 is 6.24. The Morgan fingerprint density at radius 2 is 2.27 bits per heavy atom. The van der Waals surface area contributed by atoms with Crippen molar-refractivity contribution in [3.8, 4) is 0 Å². The minimum absolute atomic E-state index is 0.742. The van der Waals surface area contributed by atoms with Gasteiger partial charge in [-0.15, -0.1) is 6.58 Å². The number of hydrogen-bond donors (Lipinski definition) is 1. The maximum absolute atomic E-state index is 6.24. The summed E-state index contributed by atoms with van der Waals surface area (Å²) < 4.78 is 1.96. The molecule has 0 aliphatic carbocycles. The van der Waals surface area contributed by atoms with Gasteiger partial charge in [0.05, 0.1) is 16.4 Å². The summed E-state index contributed by atoms with van der Waals surface area (Å²) in [6, 6.07) is 0. The standard InChI is InChI=1S/C11H18ClN3/c1-4-7-13-8-10-11(12)9(5-2)14-15(10)6-3/h4,13H,1,5-8H2,2-3H3. The first-order chi connectivity index (χ1) is 7.24. The summed E-state index contributed by atoms with van der Waals surface area (Å²) in [5, 5.41) is 8.49. The second kappa shape index (κ2) is 5.93. The first kappa shape index (κ1) is 12.3. The Balaban J connectivity index is 2.83. The molecule has 0 fully saturated rings. The molecule has 3 nitrogen and oxygen atoms in total. The number of rotatable bonds is 6. The average Bonchev–Trinajstić information content (AvgIpc) is 2.56. The molecule has 0 aliphatic heterocycles. The van der Waals surface area contributed by atoms with Gasteiger partial charge in [0.1, 0.15) is 0 Å². The number of aromatic nitrogens is 2. The van der Waals surface area contributed by atoms with Crippen LogP contribution in [0.15, 0.2) is 12.7 Å². The SMILES string of the molecule is C=CCNCc1c(Cl)c(CC)nn1CC. The van der Waals surface area contributed by atoms with Crippen molar-refractivity contribution in [2.45, 2.75) is 33.4 Å². The predicted molar refractivity (Wildman–Crippen MR) is 64.2 cm³/mol. The minimum atomic E-state index is 0.742. The predicted octanol–water partition coefficient (Wildman–Crippen LogP) is 2.39. The summed E-state index contributed by atoms with van der Waals surface area (Å²) in [7, 11) is 0. The van der Waals surface area contributed by atoms with Crippen molar-refractivity contribution in [3.63, 3.8) is 0 Å². The van der Waals surface area contributed by atoms with Crippen molar-refractivity contribution in [1.29, 1.82) is 0 Å². The molecular weight excluding hydrogens is 210 g/mol. The van der Waals surface area contributed by atoms with Gasteiger partial charge in [0, 0.05) is 19.6 Å². The Labute approximate surface area is 96.1 Å². The van der Waals surface area contributed by atoms with Crippen LogP contribution in [-0.4, -0.2) is 16.3 Å². The highest BCUT2D eigenvalue weighted by molar-refractivity contribution is 6.31. The van der Waals surface area contributed by atoms with E-state index in [1.54, 1.807) is 0 Å². The maximum Gasteiger partial charge on any atom is 0.0863 e. The molecule has 0 atom stereocenters. The smallest absolute Gasteiger partial charge is 0.0863 e. The van der Waals surface area contributed by atoms with Crippen molar-refractivity contribution in [2.75, 3.05) is 6.54 Å². The fourth-order valence-electron chi connectivity index (χ4n) is 1.48. The van der Waals surface area contributed by atoms with Gasteiger partial charge in [-0.3, -0.25) is 4.68 Å². The van der Waals surface area contributed by atoms with Gasteiger partial charge in [-0.05, 0) is 13.3 Å². The Bertz CT molecular complexity index is 331. The van der Waals surface area contributed by atoms with Crippen LogP contribution in [0.5, 0.6) is 0 Å². The molecule has 4 heteroatoms. The highest BCUT2D eigenvalue weighted by atomic mass is 35.5. The molecule has 0 aromatic carbocycles. The second-order valence-corrected chi connectivity index (χ2v) is 3.67. The third-order valence-electron chi connectivity index (χ3n) is 2.28. The Morgan fingerprint density at radius 1 is 1.53 bits per heavy atom. The third kappa shape index (κ3) is 2.83. The third-order valence-corrected chi connectivity index (χ3v) is 2.71. The minimum Gasteiger partial charge on any atom is -0.308 e. The van der Waals surface area contributed by atoms with Crippen molar-refractivity contribution < 1.29 is 0 Å². The molecule has 0 radical (unpaired) electrons. The van der Waals surface area contributed by atoms with Crippen LogP contribution in [0.1, 0.15) is 25.2 Å². The van der Waals surface area contributed by atoms with Gasteiger partial charge in [-0.1, -0.05) is 24.6 Å². The molecule has 0 bridgehead atoms. The molecule has 1 heterocycles. The molecule has 15 heavy (non-hydrogen) atoms. The number of nitrogens with one attached hydrogen (secondary N) is 1. The van der Waals surface area contributed by atoms with E-state index < -0.39 is 0 Å². The fourth-order valence-corrected chi connectivity index (χ4v) is 1.81. The largest absolute Gasteiger partial charge is 0.308 e. The lowest BCUT2D eigenvalue weighted by Gasteiger charge is -2.05. The lowest BCUT2D eigenvalue weighted by atomic mass is 10.3. The Kier molecular flexibility index (Phi) is 4.85. The molecule has 1 aromatic rings. The van der Waals surface area contributed by atoms with E-state index in [-0.39, 0.29) is 0 Å². The zero-order chi connectivity index (χ0) is 11.3. The molecule has 84 valence electrons. The molecule has 0 amide bonds. The van der Waals surface area contributed by atoms with Crippen molar-refractivity contribution in [2.24, 2.45) is 0 Å². The molecule has 0 saturated carbocycles. The Morgan fingerprint density at radius 3 is 2.80 bits per heavy atom. The topological polar surface area (TPSA) is 29.9 Å². The van der Waals surface area contributed by atoms with Crippen LogP contribution in [0.25, 0.3) is 0 Å². The van der Waals surface area contributed by atoms with Gasteiger partial charge in [0.2, 0.25) is 0 Å². The number of aryl methyl sites for hydroxylation is 2. The van der Waals surface area contributed by atoms with Crippen molar-refractivity contribution in [3.05, 3.63) is 29.1 Å². The van der Waals surface area contributed by atoms with Crippen LogP contribution in [0.3, 0.4) is 0 Å². The molecular formula is C11H18ClN3. The van der Waals surface area contributed by atoms with E-state index in [2.05, 4.69) is 30.8 Å². The average molecular weight is 228 g/mol. The van der Waals surface area contributed by atoms with Gasteiger partial charge in [0.15, 0.2) is 0 Å². The quantitative estimate of drug-likeness (QED) is 0.598. The molecule has 1 N–H and O–H groups in total. The summed E-state index contributed by atoms with van der Waals surface area (Å²) in [5.74, 6) is 0. The highest BCUT2D eigenvalue weighted by Crippen LogP contribution is 2.21. The zero-order valence-corrected chi connectivity index (χ0v) is 10.1. The van der Waals surface area contributed by atoms with Crippen LogP contribution in [0, 0.1) is 0 Å². The molecule has 0 unspecified atom stereocenters. The number of halogens is 1. The van der Waals surface area contributed by atoms with Crippen LogP contribution in [-0.2, 0) is 19.5 Å². The lowest BCUT2D eigenvalue weighted by molar-refractivity contribution is 0.590. The van der Waals surface area contributed by atoms with Crippen LogP contribution in [0.4, 0.5) is 0 Å². The van der Waals surface area contributed by atoms with Crippen molar-refractivity contribution in [1.82, 2.24) is 15.1 Å². The lowest BCUT2D eigenvalue weighted by Crippen LogP contribution is -2.16. The summed E-state index contributed by atoms with van der Waals surface area (Å²) in [6.45, 7) is 10.2. The van der Waals surface area contributed by atoms with Crippen molar-refractivity contribution >= 4 is 11.6 Å². The van der Waals surface area contributed by atoms with Crippen LogP contribution >= 0.6 is 11.6 Å². The van der Waals surface area contributed by atoms with E-state index in [0.29, 0.717) is 0 Å². The zero-order valence-electron chi connectivity index (χ0n) is 9.39. The van der Waals surface area contributed by atoms with Crippen LogP contribution < -0.4 is 5.32 Å². The maximum atomic E-state index is 6.24. The summed E-state index contributed by atoms with van der Waals surface area (Å²) in [4.78, 5) is 0. The highest BCUT2D eigenvalue weighted by Gasteiger charge is 2.12. The summed E-state index contributed by atoms with van der Waals surface area (Å²) in [6.07, 6.45) is 2.71. The molecule has 0 saturated heterocycles. The van der Waals surface area contributed by atoms with E-state index >= 15 is 0 Å². The van der Waals surface area contributed by atoms with Crippen LogP contribution in [0.2, 0.25) is 5.02 Å². The fraction of sp³-hybridized carbons (Fsp3) is 0.545. The van der Waals surface area contributed by atoms with E-state index in [0.717, 1.165) is 42.5 Å². The molecule has 0 spiro atoms. The van der Waals surface area contributed by atoms with Gasteiger partial charge < -0.3 is 5.32 Å². The number of hydrogen-bond acceptors (Lipinski definition) is 2. The van der Waals surface area contributed by atoms with E-state index in [1.165, 1.54) is 0 Å². The van der Waals surface area contributed by atoms with Gasteiger partial charge in [0.25, 0.3) is 0 Å². The Hall–Kier alpha value is -0.800. The molecule has 1 rings (SSSR count). The second-order valence-electron chi connectivity index (χ2n) is 3.30. The summed E-state index contributed by atoms with van der Waals surface area (Å²) in [5.41, 5.74) is 2.05. The number of nitrogens with zero attached hydrogens (tertiary/aromatic N) is 2. The first-order valence-corrected chi connectivity index (χ1v) is 5.68. The van der Waals surface area contributed by atoms with E-state index in [4.69, 9.17) is 11.6 Å². The van der Waals surface area contributed by atoms with E-state index in [1.807, 2.05) is 10.8 Å². The first-order valence-electron chi connectivity index (χ1n) is 5.30. The molecule has 0 aliphatic rings. The normalized spacial score (nSPS) is 10.6. The molecule has 1 aromatic heterocycles. The van der Waals surface area contributed by atoms with Gasteiger partial charge in [-0.2, -0.15) is 5.10 Å². The van der Waals surface area contributed by atoms with E-state index in [9.17, 15) is 0 Å². The monoisotopic (exact) mass is 227 g/mol. The van der Waals surface area contributed by atoms with Gasteiger partial charge in [-0.25, -0.2) is 0 Å².